The Morgan fingerprint density at radius 2 is 2.00 bits per heavy atom. The lowest BCUT2D eigenvalue weighted by atomic mass is 10.1. The highest BCUT2D eigenvalue weighted by molar-refractivity contribution is 5.94. The molecule has 0 radical (unpaired) electrons. The van der Waals surface area contributed by atoms with Crippen LogP contribution in [0.3, 0.4) is 0 Å². The van der Waals surface area contributed by atoms with E-state index in [0.717, 1.165) is 17.8 Å². The predicted octanol–water partition coefficient (Wildman–Crippen LogP) is 3.38. The molecule has 1 rings (SSSR count). The minimum atomic E-state index is 0.0460. The van der Waals surface area contributed by atoms with Gasteiger partial charge < -0.3 is 10.2 Å². The Bertz CT molecular complexity index is 375. The second-order valence-electron chi connectivity index (χ2n) is 4.77. The van der Waals surface area contributed by atoms with Crippen molar-refractivity contribution < 1.29 is 4.79 Å². The minimum absolute atomic E-state index is 0.0460. The number of nitrogens with zero attached hydrogens (tertiary/aromatic N) is 1. The van der Waals surface area contributed by atoms with E-state index in [1.54, 1.807) is 19.0 Å². The van der Waals surface area contributed by atoms with E-state index in [0.29, 0.717) is 0 Å². The first-order valence-electron chi connectivity index (χ1n) is 6.70. The molecule has 0 saturated carbocycles. The summed E-state index contributed by atoms with van der Waals surface area (Å²) in [5, 5.41) is 3.37. The van der Waals surface area contributed by atoms with Gasteiger partial charge >= 0.3 is 0 Å². The molecule has 0 unspecified atom stereocenters. The van der Waals surface area contributed by atoms with Crippen molar-refractivity contribution in [3.8, 4) is 0 Å². The SMILES string of the molecule is CCCCCCNc1cccc(C(=O)N(C)C)c1. The molecule has 3 heteroatoms. The van der Waals surface area contributed by atoms with Crippen LogP contribution in [-0.2, 0) is 0 Å². The fourth-order valence-electron chi connectivity index (χ4n) is 1.80. The summed E-state index contributed by atoms with van der Waals surface area (Å²) in [6, 6.07) is 7.70. The Labute approximate surface area is 110 Å². The smallest absolute Gasteiger partial charge is 0.253 e. The van der Waals surface area contributed by atoms with Gasteiger partial charge in [-0.1, -0.05) is 32.3 Å². The van der Waals surface area contributed by atoms with Crippen LogP contribution in [0.4, 0.5) is 5.69 Å². The fourth-order valence-corrected chi connectivity index (χ4v) is 1.80. The molecule has 0 aliphatic heterocycles. The number of hydrogen-bond donors (Lipinski definition) is 1. The zero-order valence-corrected chi connectivity index (χ0v) is 11.7. The molecule has 0 saturated heterocycles. The Balaban J connectivity index is 2.47. The molecule has 1 N–H and O–H groups in total. The summed E-state index contributed by atoms with van der Waals surface area (Å²) in [4.78, 5) is 13.4. The van der Waals surface area contributed by atoms with Crippen LogP contribution in [0.25, 0.3) is 0 Å². The third-order valence-electron chi connectivity index (χ3n) is 2.88. The number of amides is 1. The van der Waals surface area contributed by atoms with Crippen molar-refractivity contribution in [2.24, 2.45) is 0 Å². The lowest BCUT2D eigenvalue weighted by Gasteiger charge is -2.12. The van der Waals surface area contributed by atoms with E-state index in [1.165, 1.54) is 25.7 Å². The topological polar surface area (TPSA) is 32.3 Å². The molecular formula is C15H24N2O. The van der Waals surface area contributed by atoms with Gasteiger partial charge in [-0.2, -0.15) is 0 Å². The summed E-state index contributed by atoms with van der Waals surface area (Å²) in [6.07, 6.45) is 4.99. The molecule has 1 aromatic rings. The van der Waals surface area contributed by atoms with Gasteiger partial charge in [0, 0.05) is 31.9 Å². The van der Waals surface area contributed by atoms with Gasteiger partial charge in [-0.15, -0.1) is 0 Å². The Morgan fingerprint density at radius 1 is 1.22 bits per heavy atom. The van der Waals surface area contributed by atoms with Gasteiger partial charge in [-0.3, -0.25) is 4.79 Å². The molecule has 1 amide bonds. The summed E-state index contributed by atoms with van der Waals surface area (Å²) >= 11 is 0. The lowest BCUT2D eigenvalue weighted by Crippen LogP contribution is -2.21. The quantitative estimate of drug-likeness (QED) is 0.750. The van der Waals surface area contributed by atoms with E-state index in [4.69, 9.17) is 0 Å². The standard InChI is InChI=1S/C15H24N2O/c1-4-5-6-7-11-16-14-10-8-9-13(12-14)15(18)17(2)3/h8-10,12,16H,4-7,11H2,1-3H3. The van der Waals surface area contributed by atoms with Crippen molar-refractivity contribution in [3.63, 3.8) is 0 Å². The van der Waals surface area contributed by atoms with Crippen molar-refractivity contribution in [2.45, 2.75) is 32.6 Å². The van der Waals surface area contributed by atoms with E-state index >= 15 is 0 Å². The monoisotopic (exact) mass is 248 g/mol. The van der Waals surface area contributed by atoms with Gasteiger partial charge in [0.25, 0.3) is 5.91 Å². The van der Waals surface area contributed by atoms with Gasteiger partial charge in [0.05, 0.1) is 0 Å². The first-order chi connectivity index (χ1) is 8.65. The molecule has 0 aliphatic rings. The Morgan fingerprint density at radius 3 is 2.67 bits per heavy atom. The van der Waals surface area contributed by atoms with Gasteiger partial charge in [0.2, 0.25) is 0 Å². The van der Waals surface area contributed by atoms with Crippen molar-refractivity contribution in [2.75, 3.05) is 26.0 Å². The first kappa shape index (κ1) is 14.6. The van der Waals surface area contributed by atoms with Crippen molar-refractivity contribution in [1.29, 1.82) is 0 Å². The molecule has 0 spiro atoms. The highest BCUT2D eigenvalue weighted by Crippen LogP contribution is 2.12. The Kier molecular flexibility index (Phi) is 6.26. The fraction of sp³-hybridized carbons (Fsp3) is 0.533. The molecule has 0 aromatic heterocycles. The summed E-state index contributed by atoms with van der Waals surface area (Å²) in [5.74, 6) is 0.0460. The first-order valence-corrected chi connectivity index (χ1v) is 6.70. The van der Waals surface area contributed by atoms with Crippen LogP contribution in [-0.4, -0.2) is 31.4 Å². The van der Waals surface area contributed by atoms with E-state index < -0.39 is 0 Å². The third-order valence-corrected chi connectivity index (χ3v) is 2.88. The average Bonchev–Trinajstić information content (AvgIpc) is 2.38. The highest BCUT2D eigenvalue weighted by Gasteiger charge is 2.07. The molecule has 0 fully saturated rings. The number of benzene rings is 1. The zero-order chi connectivity index (χ0) is 13.4. The van der Waals surface area contributed by atoms with Gasteiger partial charge in [0.15, 0.2) is 0 Å². The van der Waals surface area contributed by atoms with Crippen molar-refractivity contribution in [1.82, 2.24) is 4.90 Å². The molecule has 1 aromatic carbocycles. The molecule has 0 bridgehead atoms. The second kappa shape index (κ2) is 7.75. The molecule has 0 atom stereocenters. The average molecular weight is 248 g/mol. The number of unbranched alkanes of at least 4 members (excludes halogenated alkanes) is 3. The van der Waals surface area contributed by atoms with Crippen LogP contribution in [0.15, 0.2) is 24.3 Å². The molecule has 18 heavy (non-hydrogen) atoms. The van der Waals surface area contributed by atoms with Crippen LogP contribution in [0.2, 0.25) is 0 Å². The third kappa shape index (κ3) is 4.78. The number of carbonyl (C=O) groups excluding carboxylic acids is 1. The number of hydrogen-bond acceptors (Lipinski definition) is 2. The number of carbonyl (C=O) groups is 1. The van der Waals surface area contributed by atoms with Crippen LogP contribution in [0, 0.1) is 0 Å². The molecular weight excluding hydrogens is 224 g/mol. The Hall–Kier alpha value is -1.51. The maximum absolute atomic E-state index is 11.8. The van der Waals surface area contributed by atoms with E-state index in [1.807, 2.05) is 24.3 Å². The summed E-state index contributed by atoms with van der Waals surface area (Å²) in [7, 11) is 3.54. The van der Waals surface area contributed by atoms with E-state index in [-0.39, 0.29) is 5.91 Å². The van der Waals surface area contributed by atoms with Crippen LogP contribution < -0.4 is 5.32 Å². The van der Waals surface area contributed by atoms with Crippen molar-refractivity contribution >= 4 is 11.6 Å². The van der Waals surface area contributed by atoms with Crippen molar-refractivity contribution in [3.05, 3.63) is 29.8 Å². The summed E-state index contributed by atoms with van der Waals surface area (Å²) < 4.78 is 0. The van der Waals surface area contributed by atoms with E-state index in [9.17, 15) is 4.79 Å². The predicted molar refractivity (Wildman–Crippen MR) is 77.1 cm³/mol. The lowest BCUT2D eigenvalue weighted by molar-refractivity contribution is 0.0827. The van der Waals surface area contributed by atoms with Crippen LogP contribution >= 0.6 is 0 Å². The largest absolute Gasteiger partial charge is 0.385 e. The molecule has 0 heterocycles. The highest BCUT2D eigenvalue weighted by atomic mass is 16.2. The molecule has 3 nitrogen and oxygen atoms in total. The minimum Gasteiger partial charge on any atom is -0.385 e. The summed E-state index contributed by atoms with van der Waals surface area (Å²) in [6.45, 7) is 3.18. The van der Waals surface area contributed by atoms with Gasteiger partial charge in [-0.05, 0) is 24.6 Å². The summed E-state index contributed by atoms with van der Waals surface area (Å²) in [5.41, 5.74) is 1.76. The maximum Gasteiger partial charge on any atom is 0.253 e. The van der Waals surface area contributed by atoms with Crippen LogP contribution in [0.5, 0.6) is 0 Å². The van der Waals surface area contributed by atoms with E-state index in [2.05, 4.69) is 12.2 Å². The molecule has 100 valence electrons. The van der Waals surface area contributed by atoms with Gasteiger partial charge in [-0.25, -0.2) is 0 Å². The molecule has 0 aliphatic carbocycles. The zero-order valence-electron chi connectivity index (χ0n) is 11.7. The normalized spacial score (nSPS) is 10.2. The van der Waals surface area contributed by atoms with Crippen LogP contribution in [0.1, 0.15) is 43.0 Å². The maximum atomic E-state index is 11.8. The van der Waals surface area contributed by atoms with Gasteiger partial charge in [0.1, 0.15) is 0 Å². The number of anilines is 1. The number of nitrogens with one attached hydrogen (secondary N) is 1. The second-order valence-corrected chi connectivity index (χ2v) is 4.77. The number of rotatable bonds is 7.